The van der Waals surface area contributed by atoms with Crippen molar-refractivity contribution in [2.75, 3.05) is 0 Å². The number of aryl methyl sites for hydroxylation is 1. The summed E-state index contributed by atoms with van der Waals surface area (Å²) in [4.78, 5) is 3.99. The Bertz CT molecular complexity index is 716. The fourth-order valence-corrected chi connectivity index (χ4v) is 2.12. The summed E-state index contributed by atoms with van der Waals surface area (Å²) in [5.74, 6) is 7.10. The fourth-order valence-electron chi connectivity index (χ4n) is 2.12. The van der Waals surface area contributed by atoms with Gasteiger partial charge >= 0.3 is 0 Å². The van der Waals surface area contributed by atoms with Crippen LogP contribution in [0.3, 0.4) is 0 Å². The van der Waals surface area contributed by atoms with Crippen molar-refractivity contribution < 1.29 is 5.21 Å². The predicted molar refractivity (Wildman–Crippen MR) is 81.3 cm³/mol. The minimum atomic E-state index is 0.489. The fraction of sp³-hybridized carbons (Fsp3) is 0.294. The maximum Gasteiger partial charge on any atom is 0.106 e. The largest absolute Gasteiger partial charge is 0.411 e. The number of oxime groups is 1. The summed E-state index contributed by atoms with van der Waals surface area (Å²) in [6.07, 6.45) is 7.71. The van der Waals surface area contributed by atoms with Crippen molar-refractivity contribution in [3.63, 3.8) is 0 Å². The molecular weight excluding hydrogens is 262 g/mol. The first-order valence-corrected chi connectivity index (χ1v) is 7.05. The molecule has 0 aliphatic heterocycles. The molecule has 106 valence electrons. The Hall–Kier alpha value is -2.54. The normalized spacial score (nSPS) is 14.6. The third kappa shape index (κ3) is 3.32. The van der Waals surface area contributed by atoms with Gasteiger partial charge in [-0.05, 0) is 37.5 Å². The first-order chi connectivity index (χ1) is 10.3. The van der Waals surface area contributed by atoms with Crippen LogP contribution < -0.4 is 0 Å². The van der Waals surface area contributed by atoms with Gasteiger partial charge in [0.05, 0.1) is 12.9 Å². The highest BCUT2D eigenvalue weighted by atomic mass is 16.4. The lowest BCUT2D eigenvalue weighted by Gasteiger charge is -2.07. The first kappa shape index (κ1) is 13.4. The second-order valence-corrected chi connectivity index (χ2v) is 5.36. The van der Waals surface area contributed by atoms with Gasteiger partial charge in [-0.15, -0.1) is 0 Å². The van der Waals surface area contributed by atoms with Crippen LogP contribution in [-0.4, -0.2) is 20.5 Å². The highest BCUT2D eigenvalue weighted by Crippen LogP contribution is 2.27. The van der Waals surface area contributed by atoms with E-state index in [0.29, 0.717) is 18.2 Å². The van der Waals surface area contributed by atoms with Gasteiger partial charge in [0.2, 0.25) is 0 Å². The topological polar surface area (TPSA) is 50.4 Å². The van der Waals surface area contributed by atoms with Crippen molar-refractivity contribution >= 4 is 5.71 Å². The lowest BCUT2D eigenvalue weighted by Crippen LogP contribution is -2.11. The molecule has 2 aromatic rings. The van der Waals surface area contributed by atoms with E-state index in [4.69, 9.17) is 0 Å². The first-order valence-electron chi connectivity index (χ1n) is 7.05. The van der Waals surface area contributed by atoms with Crippen LogP contribution in [0.15, 0.2) is 42.1 Å². The number of benzene rings is 1. The molecule has 1 aliphatic rings. The Balaban J connectivity index is 1.81. The molecule has 1 N–H and O–H groups in total. The van der Waals surface area contributed by atoms with Crippen LogP contribution in [0, 0.1) is 24.7 Å². The summed E-state index contributed by atoms with van der Waals surface area (Å²) >= 11 is 0. The highest BCUT2D eigenvalue weighted by molar-refractivity contribution is 6.00. The third-order valence-corrected chi connectivity index (χ3v) is 3.56. The molecule has 0 saturated heterocycles. The van der Waals surface area contributed by atoms with E-state index in [1.165, 1.54) is 12.8 Å². The summed E-state index contributed by atoms with van der Waals surface area (Å²) in [6, 6.07) is 5.97. The lowest BCUT2D eigenvalue weighted by atomic mass is 10.0. The van der Waals surface area contributed by atoms with Crippen LogP contribution >= 0.6 is 0 Å². The SMILES string of the molecule is Cc1cc(/C(Cn2ccnc2)=N/O)ccc1C#CC1CC1. The number of hydrogen-bond acceptors (Lipinski definition) is 3. The molecule has 0 bridgehead atoms. The quantitative estimate of drug-likeness (QED) is 0.406. The second kappa shape index (κ2) is 5.84. The van der Waals surface area contributed by atoms with E-state index in [1.54, 1.807) is 12.5 Å². The highest BCUT2D eigenvalue weighted by Gasteiger charge is 2.17. The van der Waals surface area contributed by atoms with Gasteiger partial charge in [-0.25, -0.2) is 4.98 Å². The molecular formula is C17H17N3O. The van der Waals surface area contributed by atoms with Gasteiger partial charge in [0.15, 0.2) is 0 Å². The molecule has 3 rings (SSSR count). The molecule has 1 fully saturated rings. The van der Waals surface area contributed by atoms with E-state index in [-0.39, 0.29) is 0 Å². The van der Waals surface area contributed by atoms with Gasteiger partial charge in [-0.1, -0.05) is 23.1 Å². The lowest BCUT2D eigenvalue weighted by molar-refractivity contribution is 0.317. The number of rotatable bonds is 3. The van der Waals surface area contributed by atoms with Crippen LogP contribution in [-0.2, 0) is 6.54 Å². The molecule has 4 nitrogen and oxygen atoms in total. The van der Waals surface area contributed by atoms with E-state index in [9.17, 15) is 5.21 Å². The summed E-state index contributed by atoms with van der Waals surface area (Å²) in [6.45, 7) is 2.52. The molecule has 0 radical (unpaired) electrons. The molecule has 0 amide bonds. The van der Waals surface area contributed by atoms with Gasteiger partial charge in [-0.3, -0.25) is 0 Å². The zero-order valence-corrected chi connectivity index (χ0v) is 12.0. The molecule has 1 heterocycles. The summed E-state index contributed by atoms with van der Waals surface area (Å²) in [7, 11) is 0. The van der Waals surface area contributed by atoms with Crippen LogP contribution in [0.25, 0.3) is 0 Å². The molecule has 1 aliphatic carbocycles. The van der Waals surface area contributed by atoms with E-state index < -0.39 is 0 Å². The molecule has 0 unspecified atom stereocenters. The van der Waals surface area contributed by atoms with Crippen molar-refractivity contribution in [1.29, 1.82) is 0 Å². The number of imidazole rings is 1. The minimum Gasteiger partial charge on any atom is -0.411 e. The monoisotopic (exact) mass is 279 g/mol. The summed E-state index contributed by atoms with van der Waals surface area (Å²) in [5.41, 5.74) is 3.66. The van der Waals surface area contributed by atoms with Gasteiger partial charge in [-0.2, -0.15) is 0 Å². The minimum absolute atomic E-state index is 0.489. The standard InChI is InChI=1S/C17H17N3O/c1-13-10-16(7-6-15(13)5-4-14-2-3-14)17(19-21)11-20-9-8-18-12-20/h6-10,12,14,21H,2-3,11H2,1H3/b19-17+. The maximum absolute atomic E-state index is 9.25. The number of hydrogen-bond donors (Lipinski definition) is 1. The molecule has 1 aromatic heterocycles. The van der Waals surface area contributed by atoms with Crippen molar-refractivity contribution in [3.05, 3.63) is 53.6 Å². The molecule has 1 saturated carbocycles. The van der Waals surface area contributed by atoms with Crippen LogP contribution in [0.2, 0.25) is 0 Å². The Morgan fingerprint density at radius 2 is 2.33 bits per heavy atom. The van der Waals surface area contributed by atoms with E-state index in [0.717, 1.165) is 16.7 Å². The van der Waals surface area contributed by atoms with Gasteiger partial charge in [0.25, 0.3) is 0 Å². The van der Waals surface area contributed by atoms with Crippen molar-refractivity contribution in [3.8, 4) is 11.8 Å². The predicted octanol–water partition coefficient (Wildman–Crippen LogP) is 2.83. The summed E-state index contributed by atoms with van der Waals surface area (Å²) < 4.78 is 1.87. The molecule has 21 heavy (non-hydrogen) atoms. The van der Waals surface area contributed by atoms with Crippen molar-refractivity contribution in [2.45, 2.75) is 26.3 Å². The Morgan fingerprint density at radius 3 is 2.95 bits per heavy atom. The Kier molecular flexibility index (Phi) is 3.74. The number of nitrogens with zero attached hydrogens (tertiary/aromatic N) is 3. The molecule has 0 spiro atoms. The van der Waals surface area contributed by atoms with Crippen LogP contribution in [0.4, 0.5) is 0 Å². The zero-order chi connectivity index (χ0) is 14.7. The van der Waals surface area contributed by atoms with E-state index in [2.05, 4.69) is 22.0 Å². The zero-order valence-electron chi connectivity index (χ0n) is 12.0. The number of aromatic nitrogens is 2. The van der Waals surface area contributed by atoms with E-state index in [1.807, 2.05) is 35.9 Å². The maximum atomic E-state index is 9.25. The van der Waals surface area contributed by atoms with Crippen molar-refractivity contribution in [1.82, 2.24) is 9.55 Å². The van der Waals surface area contributed by atoms with Gasteiger partial charge in [0.1, 0.15) is 5.71 Å². The van der Waals surface area contributed by atoms with Crippen molar-refractivity contribution in [2.24, 2.45) is 11.1 Å². The Morgan fingerprint density at radius 1 is 1.48 bits per heavy atom. The average Bonchev–Trinajstić information content (AvgIpc) is 3.18. The summed E-state index contributed by atoms with van der Waals surface area (Å²) in [5, 5.41) is 12.7. The van der Waals surface area contributed by atoms with E-state index >= 15 is 0 Å². The average molecular weight is 279 g/mol. The molecule has 4 heteroatoms. The smallest absolute Gasteiger partial charge is 0.106 e. The molecule has 0 atom stereocenters. The second-order valence-electron chi connectivity index (χ2n) is 5.36. The third-order valence-electron chi connectivity index (χ3n) is 3.56. The molecule has 1 aromatic carbocycles. The van der Waals surface area contributed by atoms with Gasteiger partial charge < -0.3 is 9.77 Å². The van der Waals surface area contributed by atoms with Crippen LogP contribution in [0.1, 0.15) is 29.5 Å². The van der Waals surface area contributed by atoms with Gasteiger partial charge in [0, 0.05) is 29.4 Å². The van der Waals surface area contributed by atoms with Crippen LogP contribution in [0.5, 0.6) is 0 Å². The Labute approximate surface area is 124 Å².